The highest BCUT2D eigenvalue weighted by Gasteiger charge is 2.11. The van der Waals surface area contributed by atoms with Crippen molar-refractivity contribution in [2.75, 3.05) is 6.61 Å². The van der Waals surface area contributed by atoms with E-state index in [4.69, 9.17) is 27.9 Å². The number of halogens is 2. The van der Waals surface area contributed by atoms with Gasteiger partial charge in [-0.1, -0.05) is 64.7 Å². The van der Waals surface area contributed by atoms with Gasteiger partial charge in [0, 0.05) is 11.1 Å². The molecule has 3 nitrogen and oxygen atoms in total. The van der Waals surface area contributed by atoms with Crippen molar-refractivity contribution in [3.8, 4) is 5.75 Å². The van der Waals surface area contributed by atoms with Gasteiger partial charge in [0.25, 0.3) is 10.5 Å². The predicted molar refractivity (Wildman–Crippen MR) is 104 cm³/mol. The van der Waals surface area contributed by atoms with E-state index < -0.39 is 10.5 Å². The largest absolute Gasteiger partial charge is 0.494 e. The highest BCUT2D eigenvalue weighted by atomic mass is 35.5. The van der Waals surface area contributed by atoms with E-state index >= 15 is 0 Å². The summed E-state index contributed by atoms with van der Waals surface area (Å²) in [6, 6.07) is 4.45. The minimum atomic E-state index is -0.636. The van der Waals surface area contributed by atoms with Crippen LogP contribution in [0.1, 0.15) is 91.8 Å². The van der Waals surface area contributed by atoms with Crippen molar-refractivity contribution in [2.45, 2.75) is 71.1 Å². The minimum absolute atomic E-state index is 0.214. The van der Waals surface area contributed by atoms with Gasteiger partial charge in [-0.2, -0.15) is 0 Å². The molecule has 0 N–H and O–H groups in total. The molecule has 5 heteroatoms. The Hall–Kier alpha value is -1.06. The lowest BCUT2D eigenvalue weighted by Gasteiger charge is -2.08. The lowest BCUT2D eigenvalue weighted by atomic mass is 10.1. The van der Waals surface area contributed by atoms with E-state index in [0.717, 1.165) is 12.8 Å². The number of ether oxygens (including phenoxy) is 1. The molecule has 0 atom stereocenters. The number of hydrogen-bond acceptors (Lipinski definition) is 3. The van der Waals surface area contributed by atoms with Gasteiger partial charge in [0.05, 0.1) is 6.61 Å². The van der Waals surface area contributed by atoms with Crippen LogP contribution in [0.4, 0.5) is 0 Å². The molecule has 0 heterocycles. The smallest absolute Gasteiger partial charge is 0.252 e. The second-order valence-electron chi connectivity index (χ2n) is 6.32. The second kappa shape index (κ2) is 13.2. The van der Waals surface area contributed by atoms with Crippen molar-refractivity contribution in [1.29, 1.82) is 0 Å². The molecule has 0 aliphatic carbocycles. The van der Waals surface area contributed by atoms with Crippen LogP contribution < -0.4 is 4.74 Å². The molecule has 0 aromatic heterocycles. The van der Waals surface area contributed by atoms with Crippen molar-refractivity contribution < 1.29 is 14.3 Å². The Balaban J connectivity index is 2.21. The number of unbranched alkanes of at least 4 members (excludes halogenated alkanes) is 9. The summed E-state index contributed by atoms with van der Waals surface area (Å²) in [5.41, 5.74) is 0.428. The first-order valence-corrected chi connectivity index (χ1v) is 9.97. The molecule has 0 saturated carbocycles. The van der Waals surface area contributed by atoms with E-state index in [1.165, 1.54) is 69.6 Å². The quantitative estimate of drug-likeness (QED) is 0.262. The Morgan fingerprint density at radius 1 is 0.760 bits per heavy atom. The first kappa shape index (κ1) is 22.0. The molecule has 0 spiro atoms. The fraction of sp³-hybridized carbons (Fsp3) is 0.600. The maximum atomic E-state index is 11.3. The molecule has 1 aromatic rings. The molecular formula is C20H28Cl2O3. The Kier molecular flexibility index (Phi) is 11.6. The number of benzene rings is 1. The number of rotatable bonds is 14. The van der Waals surface area contributed by atoms with Crippen LogP contribution in [-0.4, -0.2) is 17.1 Å². The van der Waals surface area contributed by atoms with Crippen molar-refractivity contribution in [1.82, 2.24) is 0 Å². The maximum Gasteiger partial charge on any atom is 0.252 e. The van der Waals surface area contributed by atoms with Crippen molar-refractivity contribution in [2.24, 2.45) is 0 Å². The van der Waals surface area contributed by atoms with Crippen LogP contribution in [0.15, 0.2) is 18.2 Å². The first-order valence-electron chi connectivity index (χ1n) is 9.22. The lowest BCUT2D eigenvalue weighted by molar-refractivity contribution is 0.108. The van der Waals surface area contributed by atoms with Gasteiger partial charge in [0.15, 0.2) is 0 Å². The summed E-state index contributed by atoms with van der Waals surface area (Å²) in [6.07, 6.45) is 12.6. The molecule has 140 valence electrons. The standard InChI is InChI=1S/C20H28Cl2O3/c1-2-3-4-5-6-7-8-9-10-11-12-25-18-14-16(19(21)23)13-17(15-18)20(22)24/h13-15H,2-12H2,1H3. The Morgan fingerprint density at radius 2 is 1.20 bits per heavy atom. The predicted octanol–water partition coefficient (Wildman–Crippen LogP) is 6.74. The van der Waals surface area contributed by atoms with Gasteiger partial charge in [-0.15, -0.1) is 0 Å². The van der Waals surface area contributed by atoms with E-state index in [0.29, 0.717) is 12.4 Å². The fourth-order valence-electron chi connectivity index (χ4n) is 2.69. The van der Waals surface area contributed by atoms with Crippen molar-refractivity contribution >= 4 is 33.7 Å². The third-order valence-corrected chi connectivity index (χ3v) is 4.56. The van der Waals surface area contributed by atoms with E-state index in [9.17, 15) is 9.59 Å². The van der Waals surface area contributed by atoms with Crippen LogP contribution in [-0.2, 0) is 0 Å². The highest BCUT2D eigenvalue weighted by molar-refractivity contribution is 6.69. The summed E-state index contributed by atoms with van der Waals surface area (Å²) in [5, 5.41) is -1.27. The van der Waals surface area contributed by atoms with Crippen LogP contribution in [0.25, 0.3) is 0 Å². The number of carbonyl (C=O) groups is 2. The number of carbonyl (C=O) groups excluding carboxylic acids is 2. The topological polar surface area (TPSA) is 43.4 Å². The van der Waals surface area contributed by atoms with Gasteiger partial charge in [0.1, 0.15) is 5.75 Å². The molecule has 0 amide bonds. The van der Waals surface area contributed by atoms with Gasteiger partial charge in [-0.05, 0) is 47.8 Å². The summed E-state index contributed by atoms with van der Waals surface area (Å²) in [7, 11) is 0. The van der Waals surface area contributed by atoms with Gasteiger partial charge in [0.2, 0.25) is 0 Å². The molecule has 0 saturated heterocycles. The lowest BCUT2D eigenvalue weighted by Crippen LogP contribution is -2.01. The van der Waals surface area contributed by atoms with E-state index in [2.05, 4.69) is 6.92 Å². The molecule has 0 unspecified atom stereocenters. The second-order valence-corrected chi connectivity index (χ2v) is 7.01. The van der Waals surface area contributed by atoms with Gasteiger partial charge < -0.3 is 4.74 Å². The Bertz CT molecular complexity index is 511. The number of hydrogen-bond donors (Lipinski definition) is 0. The van der Waals surface area contributed by atoms with E-state index in [1.54, 1.807) is 0 Å². The van der Waals surface area contributed by atoms with E-state index in [1.807, 2.05) is 0 Å². The molecular weight excluding hydrogens is 359 g/mol. The zero-order chi connectivity index (χ0) is 18.5. The van der Waals surface area contributed by atoms with Crippen LogP contribution in [0.5, 0.6) is 5.75 Å². The SMILES string of the molecule is CCCCCCCCCCCCOc1cc(C(=O)Cl)cc(C(=O)Cl)c1. The van der Waals surface area contributed by atoms with Crippen LogP contribution >= 0.6 is 23.2 Å². The summed E-state index contributed by atoms with van der Waals surface area (Å²) in [5.74, 6) is 0.450. The minimum Gasteiger partial charge on any atom is -0.494 e. The molecule has 0 aliphatic heterocycles. The average Bonchev–Trinajstić information content (AvgIpc) is 2.59. The summed E-state index contributed by atoms with van der Waals surface area (Å²) in [4.78, 5) is 22.6. The fourth-order valence-corrected chi connectivity index (χ4v) is 2.91. The third kappa shape index (κ3) is 9.86. The first-order chi connectivity index (χ1) is 12.0. The Morgan fingerprint density at radius 3 is 1.64 bits per heavy atom. The molecule has 25 heavy (non-hydrogen) atoms. The van der Waals surface area contributed by atoms with Crippen molar-refractivity contribution in [3.63, 3.8) is 0 Å². The van der Waals surface area contributed by atoms with Gasteiger partial charge >= 0.3 is 0 Å². The zero-order valence-electron chi connectivity index (χ0n) is 15.0. The third-order valence-electron chi connectivity index (χ3n) is 4.13. The zero-order valence-corrected chi connectivity index (χ0v) is 16.5. The molecule has 0 fully saturated rings. The van der Waals surface area contributed by atoms with Crippen LogP contribution in [0.3, 0.4) is 0 Å². The summed E-state index contributed by atoms with van der Waals surface area (Å²) < 4.78 is 5.64. The van der Waals surface area contributed by atoms with Crippen LogP contribution in [0, 0.1) is 0 Å². The summed E-state index contributed by atoms with van der Waals surface area (Å²) >= 11 is 11.0. The maximum absolute atomic E-state index is 11.3. The monoisotopic (exact) mass is 386 g/mol. The normalized spacial score (nSPS) is 10.7. The molecule has 0 aliphatic rings. The molecule has 1 aromatic carbocycles. The summed E-state index contributed by atoms with van der Waals surface area (Å²) in [6.45, 7) is 2.78. The van der Waals surface area contributed by atoms with Crippen LogP contribution in [0.2, 0.25) is 0 Å². The average molecular weight is 387 g/mol. The molecule has 0 radical (unpaired) electrons. The van der Waals surface area contributed by atoms with Crippen molar-refractivity contribution in [3.05, 3.63) is 29.3 Å². The van der Waals surface area contributed by atoms with Gasteiger partial charge in [-0.3, -0.25) is 9.59 Å². The van der Waals surface area contributed by atoms with Gasteiger partial charge in [-0.25, -0.2) is 0 Å². The highest BCUT2D eigenvalue weighted by Crippen LogP contribution is 2.21. The molecule has 1 rings (SSSR count). The Labute approximate surface area is 161 Å². The van der Waals surface area contributed by atoms with E-state index in [-0.39, 0.29) is 11.1 Å². The molecule has 0 bridgehead atoms.